The maximum atomic E-state index is 11.0. The highest BCUT2D eigenvalue weighted by Gasteiger charge is 2.08. The van der Waals surface area contributed by atoms with Gasteiger partial charge in [0.25, 0.3) is 0 Å². The van der Waals surface area contributed by atoms with Crippen LogP contribution < -0.4 is 0 Å². The van der Waals surface area contributed by atoms with Crippen LogP contribution in [0.1, 0.15) is 5.56 Å². The van der Waals surface area contributed by atoms with E-state index in [1.807, 2.05) is 24.3 Å². The number of thiol groups is 1. The van der Waals surface area contributed by atoms with Gasteiger partial charge in [-0.15, -0.1) is 0 Å². The number of hydrogen-bond acceptors (Lipinski definition) is 1. The van der Waals surface area contributed by atoms with Crippen LogP contribution in [0.4, 0.5) is 0 Å². The van der Waals surface area contributed by atoms with Gasteiger partial charge in [-0.2, -0.15) is 0 Å². The molecule has 5 heteroatoms. The van der Waals surface area contributed by atoms with Gasteiger partial charge in [-0.3, -0.25) is 0 Å². The molecule has 0 radical (unpaired) electrons. The summed E-state index contributed by atoms with van der Waals surface area (Å²) in [5, 5.41) is 1.82. The number of nitrogens with zero attached hydrogens (tertiary/aromatic N) is 1. The molecule has 0 saturated carbocycles. The van der Waals surface area contributed by atoms with Crippen LogP contribution in [0.2, 0.25) is 0 Å². The molecule has 0 aliphatic heterocycles. The summed E-state index contributed by atoms with van der Waals surface area (Å²) in [6, 6.07) is 22.7. The third kappa shape index (κ3) is 6.40. The molecule has 0 spiro atoms. The highest BCUT2D eigenvalue weighted by molar-refractivity contribution is 7.92. The number of benzene rings is 3. The van der Waals surface area contributed by atoms with Crippen molar-refractivity contribution in [3.05, 3.63) is 78.4 Å². The van der Waals surface area contributed by atoms with Crippen molar-refractivity contribution < 1.29 is 17.8 Å². The Bertz CT molecular complexity index is 867. The molecule has 134 valence electrons. The van der Waals surface area contributed by atoms with Crippen LogP contribution in [0.5, 0.6) is 0 Å². The lowest BCUT2D eigenvalue weighted by Gasteiger charge is -2.23. The van der Waals surface area contributed by atoms with E-state index in [4.69, 9.17) is 9.11 Å². The molecule has 0 amide bonds. The minimum absolute atomic E-state index is 0.0659. The van der Waals surface area contributed by atoms with Gasteiger partial charge in [0.2, 0.25) is 0 Å². The van der Waals surface area contributed by atoms with E-state index in [1.165, 1.54) is 17.7 Å². The third-order valence-corrected chi connectivity index (χ3v) is 4.52. The van der Waals surface area contributed by atoms with Gasteiger partial charge in [0, 0.05) is 5.56 Å². The lowest BCUT2D eigenvalue weighted by Crippen LogP contribution is -2.33. The molecule has 0 aliphatic rings. The highest BCUT2D eigenvalue weighted by Crippen LogP contribution is 2.20. The quantitative estimate of drug-likeness (QED) is 0.488. The van der Waals surface area contributed by atoms with Crippen molar-refractivity contribution in [1.82, 2.24) is 0 Å². The van der Waals surface area contributed by atoms with Crippen molar-refractivity contribution >= 4 is 21.3 Å². The number of hydrogen-bond donors (Lipinski definition) is 3. The maximum absolute atomic E-state index is 11.0. The molecule has 3 aromatic rings. The summed E-state index contributed by atoms with van der Waals surface area (Å²) >= 11 is 0. The second-order valence-electron chi connectivity index (χ2n) is 7.01. The average Bonchev–Trinajstić information content (AvgIpc) is 2.53. The van der Waals surface area contributed by atoms with Crippen LogP contribution in [0, 0.1) is 0 Å². The summed E-state index contributed by atoms with van der Waals surface area (Å²) in [7, 11) is 2.48. The fourth-order valence-corrected chi connectivity index (χ4v) is 3.07. The predicted octanol–water partition coefficient (Wildman–Crippen LogP) is 4.05. The largest absolute Gasteiger partial charge is 0.327 e. The molecular weight excluding hydrogens is 334 g/mol. The lowest BCUT2D eigenvalue weighted by atomic mass is 10.1. The van der Waals surface area contributed by atoms with E-state index in [2.05, 4.69) is 51.5 Å². The van der Waals surface area contributed by atoms with E-state index in [-0.39, 0.29) is 4.90 Å². The van der Waals surface area contributed by atoms with Crippen molar-refractivity contribution in [2.75, 3.05) is 21.1 Å². The molecule has 0 heterocycles. The SMILES string of the molecule is C[N+](C)(C)Cc1ccccc1.O=[SH](O)(O)c1ccc2ccccc2c1. The van der Waals surface area contributed by atoms with Crippen molar-refractivity contribution in [1.29, 1.82) is 0 Å². The molecule has 0 aromatic heterocycles. The lowest BCUT2D eigenvalue weighted by molar-refractivity contribution is -0.884. The topological polar surface area (TPSA) is 57.5 Å². The molecule has 0 unspecified atom stereocenters. The average molecular weight is 360 g/mol. The van der Waals surface area contributed by atoms with Gasteiger partial charge < -0.3 is 13.6 Å². The Balaban J connectivity index is 0.000000186. The molecular formula is C20H26NO3S+. The van der Waals surface area contributed by atoms with E-state index in [9.17, 15) is 4.21 Å². The first kappa shape index (κ1) is 19.3. The molecule has 2 N–H and O–H groups in total. The fourth-order valence-electron chi connectivity index (χ4n) is 2.49. The monoisotopic (exact) mass is 360 g/mol. The van der Waals surface area contributed by atoms with Crippen LogP contribution in [0.15, 0.2) is 77.7 Å². The van der Waals surface area contributed by atoms with Crippen LogP contribution in [-0.2, 0) is 17.0 Å². The van der Waals surface area contributed by atoms with Gasteiger partial charge in [-0.25, -0.2) is 4.21 Å². The second kappa shape index (κ2) is 7.89. The Kier molecular flexibility index (Phi) is 6.08. The zero-order chi connectivity index (χ0) is 18.5. The molecule has 0 saturated heterocycles. The minimum atomic E-state index is -4.12. The molecule has 3 rings (SSSR count). The summed E-state index contributed by atoms with van der Waals surface area (Å²) in [5.41, 5.74) is 1.40. The molecule has 4 nitrogen and oxygen atoms in total. The summed E-state index contributed by atoms with van der Waals surface area (Å²) in [6.45, 7) is 1.10. The Labute approximate surface area is 150 Å². The first-order valence-electron chi connectivity index (χ1n) is 8.04. The van der Waals surface area contributed by atoms with Crippen LogP contribution in [0.25, 0.3) is 10.8 Å². The number of rotatable bonds is 3. The Hall–Kier alpha value is -2.05. The van der Waals surface area contributed by atoms with Gasteiger partial charge in [-0.05, 0) is 22.9 Å². The van der Waals surface area contributed by atoms with Gasteiger partial charge >= 0.3 is 0 Å². The highest BCUT2D eigenvalue weighted by atomic mass is 32.3. The zero-order valence-corrected chi connectivity index (χ0v) is 15.7. The van der Waals surface area contributed by atoms with E-state index in [1.54, 1.807) is 6.07 Å². The zero-order valence-electron chi connectivity index (χ0n) is 14.8. The van der Waals surface area contributed by atoms with Gasteiger partial charge in [0.05, 0.1) is 36.5 Å². The number of fused-ring (bicyclic) bond motifs is 1. The summed E-state index contributed by atoms with van der Waals surface area (Å²) < 4.78 is 29.9. The Morgan fingerprint density at radius 1 is 0.800 bits per heavy atom. The third-order valence-electron chi connectivity index (χ3n) is 3.57. The molecule has 0 aliphatic carbocycles. The van der Waals surface area contributed by atoms with E-state index >= 15 is 0 Å². The summed E-state index contributed by atoms with van der Waals surface area (Å²) in [6.07, 6.45) is 0. The van der Waals surface area contributed by atoms with Crippen molar-refractivity contribution in [2.45, 2.75) is 11.4 Å². The van der Waals surface area contributed by atoms with Gasteiger partial charge in [0.15, 0.2) is 0 Å². The predicted molar refractivity (Wildman–Crippen MR) is 105 cm³/mol. The molecule has 0 bridgehead atoms. The maximum Gasteiger partial charge on any atom is 0.104 e. The van der Waals surface area contributed by atoms with E-state index < -0.39 is 10.5 Å². The van der Waals surface area contributed by atoms with E-state index in [0.29, 0.717) is 0 Å². The normalized spacial score (nSPS) is 12.4. The van der Waals surface area contributed by atoms with Crippen LogP contribution >= 0.6 is 0 Å². The van der Waals surface area contributed by atoms with Crippen LogP contribution in [0.3, 0.4) is 0 Å². The minimum Gasteiger partial charge on any atom is -0.327 e. The first-order chi connectivity index (χ1) is 11.6. The Morgan fingerprint density at radius 3 is 1.92 bits per heavy atom. The summed E-state index contributed by atoms with van der Waals surface area (Å²) in [5.74, 6) is 0. The summed E-state index contributed by atoms with van der Waals surface area (Å²) in [4.78, 5) is 0.0659. The van der Waals surface area contributed by atoms with Crippen molar-refractivity contribution in [3.8, 4) is 0 Å². The van der Waals surface area contributed by atoms with Gasteiger partial charge in [0.1, 0.15) is 6.54 Å². The Morgan fingerprint density at radius 2 is 1.36 bits per heavy atom. The molecule has 0 fully saturated rings. The molecule has 0 atom stereocenters. The molecule has 25 heavy (non-hydrogen) atoms. The van der Waals surface area contributed by atoms with Gasteiger partial charge in [-0.1, -0.05) is 60.7 Å². The number of quaternary nitrogens is 1. The molecule has 3 aromatic carbocycles. The first-order valence-corrected chi connectivity index (χ1v) is 9.66. The fraction of sp³-hybridized carbons (Fsp3) is 0.200. The smallest absolute Gasteiger partial charge is 0.104 e. The van der Waals surface area contributed by atoms with E-state index in [0.717, 1.165) is 21.8 Å². The van der Waals surface area contributed by atoms with Crippen molar-refractivity contribution in [2.24, 2.45) is 0 Å². The van der Waals surface area contributed by atoms with Crippen molar-refractivity contribution in [3.63, 3.8) is 0 Å². The van der Waals surface area contributed by atoms with Crippen LogP contribution in [-0.4, -0.2) is 38.9 Å². The standard InChI is InChI=1S/C10H16N.C10H10O3S/c1-11(2,3)9-10-7-5-4-6-8-10;11-14(12,13)10-6-5-8-3-1-2-4-9(8)7-10/h4-8H,9H2,1-3H3;1-7,14H,(H2,11,12,13)/q+1;. The second-order valence-corrected chi connectivity index (χ2v) is 8.61.